The number of hydrogen-bond donors (Lipinski definition) is 0. The molecule has 29 heavy (non-hydrogen) atoms. The lowest BCUT2D eigenvalue weighted by Crippen LogP contribution is -2.35. The van der Waals surface area contributed by atoms with E-state index in [0.29, 0.717) is 5.92 Å². The van der Waals surface area contributed by atoms with Crippen LogP contribution in [0.3, 0.4) is 0 Å². The highest BCUT2D eigenvalue weighted by molar-refractivity contribution is 5.81. The van der Waals surface area contributed by atoms with Crippen LogP contribution in [0.5, 0.6) is 0 Å². The molecular formula is C24H31N3O2. The maximum absolute atomic E-state index is 5.35. The van der Waals surface area contributed by atoms with E-state index in [0.717, 1.165) is 56.7 Å². The van der Waals surface area contributed by atoms with Crippen molar-refractivity contribution >= 4 is 11.4 Å². The molecule has 1 aliphatic carbocycles. The molecule has 0 bridgehead atoms. The van der Waals surface area contributed by atoms with Gasteiger partial charge in [0.05, 0.1) is 5.69 Å². The highest BCUT2D eigenvalue weighted by atomic mass is 16.7. The van der Waals surface area contributed by atoms with Gasteiger partial charge in [-0.15, -0.1) is 10.2 Å². The Hall–Kier alpha value is -2.24. The van der Waals surface area contributed by atoms with E-state index in [1.54, 1.807) is 14.2 Å². The summed E-state index contributed by atoms with van der Waals surface area (Å²) in [6.07, 6.45) is 7.59. The number of nitrogens with zero attached hydrogens (tertiary/aromatic N) is 3. The van der Waals surface area contributed by atoms with Crippen LogP contribution in [-0.4, -0.2) is 43.8 Å². The molecule has 1 fully saturated rings. The first kappa shape index (κ1) is 20.0. The molecule has 1 aromatic heterocycles. The molecule has 2 heterocycles. The van der Waals surface area contributed by atoms with Gasteiger partial charge < -0.3 is 14.4 Å². The standard InChI is InChI=1S/C24H31N3O2/c1-17-7-8-20-19(15-17)5-4-6-21(20)22-9-10-23(26-25-22)27-13-11-18(12-14-27)16-24(28-2)29-3/h6-10,15,18,24H,4-5,11-14,16H2,1-3H3. The third-order valence-corrected chi connectivity index (χ3v) is 6.23. The first-order valence-electron chi connectivity index (χ1n) is 10.6. The summed E-state index contributed by atoms with van der Waals surface area (Å²) in [6, 6.07) is 11.0. The number of anilines is 1. The minimum atomic E-state index is -0.0962. The summed E-state index contributed by atoms with van der Waals surface area (Å²) in [7, 11) is 3.42. The van der Waals surface area contributed by atoms with E-state index in [-0.39, 0.29) is 6.29 Å². The zero-order valence-corrected chi connectivity index (χ0v) is 17.7. The van der Waals surface area contributed by atoms with Gasteiger partial charge in [-0.2, -0.15) is 0 Å². The zero-order valence-electron chi connectivity index (χ0n) is 17.7. The Morgan fingerprint density at radius 2 is 1.86 bits per heavy atom. The summed E-state index contributed by atoms with van der Waals surface area (Å²) < 4.78 is 10.7. The molecule has 5 nitrogen and oxygen atoms in total. The SMILES string of the molecule is COC(CC1CCN(c2ccc(C3=CCCc4cc(C)ccc43)nn2)CC1)OC. The second-order valence-corrected chi connectivity index (χ2v) is 8.16. The lowest BCUT2D eigenvalue weighted by atomic mass is 9.88. The molecule has 2 aromatic rings. The van der Waals surface area contributed by atoms with E-state index in [1.165, 1.54) is 22.3 Å². The monoisotopic (exact) mass is 393 g/mol. The summed E-state index contributed by atoms with van der Waals surface area (Å²) >= 11 is 0. The Balaban J connectivity index is 1.41. The van der Waals surface area contributed by atoms with Crippen LogP contribution in [0.15, 0.2) is 36.4 Å². The summed E-state index contributed by atoms with van der Waals surface area (Å²) in [4.78, 5) is 2.34. The molecule has 0 atom stereocenters. The lowest BCUT2D eigenvalue weighted by Gasteiger charge is -2.33. The molecular weight excluding hydrogens is 362 g/mol. The van der Waals surface area contributed by atoms with Crippen LogP contribution in [0.1, 0.15) is 48.1 Å². The molecule has 2 aliphatic rings. The molecule has 1 aromatic carbocycles. The molecule has 0 radical (unpaired) electrons. The fourth-order valence-corrected chi connectivity index (χ4v) is 4.51. The predicted molar refractivity (Wildman–Crippen MR) is 116 cm³/mol. The number of benzene rings is 1. The summed E-state index contributed by atoms with van der Waals surface area (Å²) in [5.41, 5.74) is 6.22. The second-order valence-electron chi connectivity index (χ2n) is 8.16. The number of aryl methyl sites for hydroxylation is 2. The van der Waals surface area contributed by atoms with Gasteiger partial charge in [0.2, 0.25) is 0 Å². The Bertz CT molecular complexity index is 851. The smallest absolute Gasteiger partial charge is 0.157 e. The molecule has 0 amide bonds. The van der Waals surface area contributed by atoms with Crippen molar-refractivity contribution in [2.45, 2.75) is 45.3 Å². The molecule has 4 rings (SSSR count). The molecule has 154 valence electrons. The van der Waals surface area contributed by atoms with Gasteiger partial charge in [0, 0.05) is 39.3 Å². The van der Waals surface area contributed by atoms with Gasteiger partial charge in [0.1, 0.15) is 0 Å². The highest BCUT2D eigenvalue weighted by Crippen LogP contribution is 2.32. The lowest BCUT2D eigenvalue weighted by molar-refractivity contribution is -0.115. The van der Waals surface area contributed by atoms with E-state index >= 15 is 0 Å². The van der Waals surface area contributed by atoms with Crippen LogP contribution in [0, 0.1) is 12.8 Å². The maximum Gasteiger partial charge on any atom is 0.157 e. The van der Waals surface area contributed by atoms with Crippen LogP contribution < -0.4 is 4.90 Å². The fraction of sp³-hybridized carbons (Fsp3) is 0.500. The Kier molecular flexibility index (Phi) is 6.26. The average Bonchev–Trinajstić information content (AvgIpc) is 2.77. The Morgan fingerprint density at radius 1 is 1.07 bits per heavy atom. The van der Waals surface area contributed by atoms with Gasteiger partial charge >= 0.3 is 0 Å². The molecule has 5 heteroatoms. The maximum atomic E-state index is 5.35. The predicted octanol–water partition coefficient (Wildman–Crippen LogP) is 4.39. The summed E-state index contributed by atoms with van der Waals surface area (Å²) in [5.74, 6) is 1.61. The normalized spacial score (nSPS) is 17.4. The van der Waals surface area contributed by atoms with Crippen molar-refractivity contribution in [3.63, 3.8) is 0 Å². The number of fused-ring (bicyclic) bond motifs is 1. The molecule has 0 unspecified atom stereocenters. The fourth-order valence-electron chi connectivity index (χ4n) is 4.51. The highest BCUT2D eigenvalue weighted by Gasteiger charge is 2.23. The Labute approximate surface area is 173 Å². The van der Waals surface area contributed by atoms with Gasteiger partial charge in [0.25, 0.3) is 0 Å². The second kappa shape index (κ2) is 9.06. The van der Waals surface area contributed by atoms with Crippen molar-refractivity contribution in [2.24, 2.45) is 5.92 Å². The van der Waals surface area contributed by atoms with Gasteiger partial charge in [-0.05, 0) is 61.8 Å². The molecule has 1 saturated heterocycles. The average molecular weight is 394 g/mol. The van der Waals surface area contributed by atoms with Crippen molar-refractivity contribution in [3.8, 4) is 0 Å². The largest absolute Gasteiger partial charge is 0.356 e. The third kappa shape index (κ3) is 4.51. The first-order chi connectivity index (χ1) is 14.2. The van der Waals surface area contributed by atoms with Gasteiger partial charge in [0.15, 0.2) is 12.1 Å². The van der Waals surface area contributed by atoms with Crippen LogP contribution in [0.25, 0.3) is 5.57 Å². The molecule has 1 aliphatic heterocycles. The van der Waals surface area contributed by atoms with E-state index in [9.17, 15) is 0 Å². The van der Waals surface area contributed by atoms with Gasteiger partial charge in [-0.25, -0.2) is 0 Å². The number of piperidine rings is 1. The van der Waals surface area contributed by atoms with Gasteiger partial charge in [-0.1, -0.05) is 29.8 Å². The van der Waals surface area contributed by atoms with Crippen molar-refractivity contribution in [1.82, 2.24) is 10.2 Å². The van der Waals surface area contributed by atoms with E-state index in [2.05, 4.69) is 58.4 Å². The molecule has 0 saturated carbocycles. The quantitative estimate of drug-likeness (QED) is 0.681. The third-order valence-electron chi connectivity index (χ3n) is 6.23. The molecule has 0 spiro atoms. The summed E-state index contributed by atoms with van der Waals surface area (Å²) in [5, 5.41) is 9.16. The van der Waals surface area contributed by atoms with Crippen molar-refractivity contribution in [3.05, 3.63) is 58.8 Å². The van der Waals surface area contributed by atoms with Crippen LogP contribution in [0.2, 0.25) is 0 Å². The van der Waals surface area contributed by atoms with Gasteiger partial charge in [-0.3, -0.25) is 0 Å². The summed E-state index contributed by atoms with van der Waals surface area (Å²) in [6.45, 7) is 4.16. The first-order valence-corrected chi connectivity index (χ1v) is 10.6. The number of aromatic nitrogens is 2. The number of ether oxygens (including phenoxy) is 2. The zero-order chi connectivity index (χ0) is 20.2. The molecule has 0 N–H and O–H groups in total. The Morgan fingerprint density at radius 3 is 2.55 bits per heavy atom. The minimum absolute atomic E-state index is 0.0962. The van der Waals surface area contributed by atoms with E-state index in [4.69, 9.17) is 9.47 Å². The van der Waals surface area contributed by atoms with Crippen LogP contribution >= 0.6 is 0 Å². The number of methoxy groups -OCH3 is 2. The number of rotatable bonds is 6. The minimum Gasteiger partial charge on any atom is -0.356 e. The van der Waals surface area contributed by atoms with Crippen LogP contribution in [-0.2, 0) is 15.9 Å². The van der Waals surface area contributed by atoms with Crippen LogP contribution in [0.4, 0.5) is 5.82 Å². The van der Waals surface area contributed by atoms with E-state index in [1.807, 2.05) is 0 Å². The topological polar surface area (TPSA) is 47.5 Å². The van der Waals surface area contributed by atoms with Crippen molar-refractivity contribution < 1.29 is 9.47 Å². The van der Waals surface area contributed by atoms with E-state index < -0.39 is 0 Å². The van der Waals surface area contributed by atoms with Crippen molar-refractivity contribution in [1.29, 1.82) is 0 Å². The number of hydrogen-bond acceptors (Lipinski definition) is 5. The van der Waals surface area contributed by atoms with Crippen molar-refractivity contribution in [2.75, 3.05) is 32.2 Å². The number of allylic oxidation sites excluding steroid dienone is 1.